The lowest BCUT2D eigenvalue weighted by atomic mass is 10.1. The summed E-state index contributed by atoms with van der Waals surface area (Å²) in [5.41, 5.74) is 0.862. The van der Waals surface area contributed by atoms with Gasteiger partial charge in [0.15, 0.2) is 5.78 Å². The number of non-ortho nitro benzene ring substituents is 1. The quantitative estimate of drug-likeness (QED) is 0.480. The van der Waals surface area contributed by atoms with Crippen LogP contribution in [0.25, 0.3) is 0 Å². The predicted octanol–water partition coefficient (Wildman–Crippen LogP) is 3.52. The number of carbonyl (C=O) groups is 1. The zero-order valence-electron chi connectivity index (χ0n) is 11.2. The van der Waals surface area contributed by atoms with E-state index < -0.39 is 10.7 Å². The molecule has 0 radical (unpaired) electrons. The Labute approximate surface area is 120 Å². The average molecular weight is 289 g/mol. The van der Waals surface area contributed by atoms with Gasteiger partial charge in [-0.3, -0.25) is 14.9 Å². The van der Waals surface area contributed by atoms with Crippen LogP contribution >= 0.6 is 0 Å². The van der Waals surface area contributed by atoms with Crippen LogP contribution in [0, 0.1) is 15.9 Å². The van der Waals surface area contributed by atoms with Crippen LogP contribution in [0.1, 0.15) is 22.8 Å². The number of ketones is 1. The van der Waals surface area contributed by atoms with Gasteiger partial charge in [0.05, 0.1) is 10.5 Å². The molecule has 0 saturated heterocycles. The van der Waals surface area contributed by atoms with Crippen molar-refractivity contribution in [2.24, 2.45) is 0 Å². The maximum Gasteiger partial charge on any atom is 0.269 e. The van der Waals surface area contributed by atoms with Crippen LogP contribution in [0.15, 0.2) is 42.5 Å². The molecule has 0 aliphatic rings. The number of nitro groups is 1. The number of ether oxygens (including phenoxy) is 1. The summed E-state index contributed by atoms with van der Waals surface area (Å²) in [4.78, 5) is 21.5. The smallest absolute Gasteiger partial charge is 0.269 e. The highest BCUT2D eigenvalue weighted by Crippen LogP contribution is 2.22. The van der Waals surface area contributed by atoms with E-state index >= 15 is 0 Å². The van der Waals surface area contributed by atoms with Crippen molar-refractivity contribution in [3.63, 3.8) is 0 Å². The topological polar surface area (TPSA) is 69.4 Å². The second-order valence-electron chi connectivity index (χ2n) is 4.41. The van der Waals surface area contributed by atoms with E-state index in [1.807, 2.05) is 0 Å². The van der Waals surface area contributed by atoms with Crippen LogP contribution in [0.3, 0.4) is 0 Å². The normalized spacial score (nSPS) is 10.2. The molecule has 0 amide bonds. The van der Waals surface area contributed by atoms with Gasteiger partial charge < -0.3 is 4.74 Å². The summed E-state index contributed by atoms with van der Waals surface area (Å²) in [7, 11) is 0. The first kappa shape index (κ1) is 14.6. The van der Waals surface area contributed by atoms with Gasteiger partial charge in [-0.2, -0.15) is 0 Å². The molecule has 0 heterocycles. The minimum atomic E-state index is -0.511. The number of carbonyl (C=O) groups excluding carboxylic acids is 1. The lowest BCUT2D eigenvalue weighted by Gasteiger charge is -2.10. The molecule has 108 valence electrons. The van der Waals surface area contributed by atoms with Crippen LogP contribution in [0.5, 0.6) is 5.75 Å². The van der Waals surface area contributed by atoms with E-state index in [1.54, 1.807) is 12.1 Å². The number of hydrogen-bond donors (Lipinski definition) is 0. The van der Waals surface area contributed by atoms with Gasteiger partial charge >= 0.3 is 0 Å². The van der Waals surface area contributed by atoms with E-state index in [2.05, 4.69) is 0 Å². The third-order valence-electron chi connectivity index (χ3n) is 2.86. The Bertz CT molecular complexity index is 683. The van der Waals surface area contributed by atoms with Crippen LogP contribution in [0.2, 0.25) is 0 Å². The number of rotatable bonds is 5. The summed E-state index contributed by atoms with van der Waals surface area (Å²) in [6, 6.07) is 9.58. The first-order chi connectivity index (χ1) is 9.97. The largest absolute Gasteiger partial charge is 0.488 e. The summed E-state index contributed by atoms with van der Waals surface area (Å²) < 4.78 is 18.6. The van der Waals surface area contributed by atoms with Gasteiger partial charge in [-0.05, 0) is 42.8 Å². The van der Waals surface area contributed by atoms with Crippen molar-refractivity contribution in [2.45, 2.75) is 13.5 Å². The fourth-order valence-corrected chi connectivity index (χ4v) is 1.78. The van der Waals surface area contributed by atoms with Crippen LogP contribution in [-0.4, -0.2) is 10.7 Å². The zero-order chi connectivity index (χ0) is 15.4. The van der Waals surface area contributed by atoms with Crippen molar-refractivity contribution < 1.29 is 18.8 Å². The molecule has 6 heteroatoms. The van der Waals surface area contributed by atoms with Gasteiger partial charge in [0.2, 0.25) is 0 Å². The molecule has 0 aliphatic carbocycles. The number of nitro benzene ring substituents is 1. The van der Waals surface area contributed by atoms with Crippen molar-refractivity contribution in [1.29, 1.82) is 0 Å². The Hall–Kier alpha value is -2.76. The lowest BCUT2D eigenvalue weighted by Crippen LogP contribution is -2.02. The molecule has 0 bridgehead atoms. The van der Waals surface area contributed by atoms with Gasteiger partial charge in [0, 0.05) is 12.1 Å². The monoisotopic (exact) mass is 289 g/mol. The second-order valence-corrected chi connectivity index (χ2v) is 4.41. The third-order valence-corrected chi connectivity index (χ3v) is 2.86. The molecule has 0 unspecified atom stereocenters. The first-order valence-electron chi connectivity index (χ1n) is 6.14. The highest BCUT2D eigenvalue weighted by molar-refractivity contribution is 5.96. The minimum absolute atomic E-state index is 0.00930. The molecule has 21 heavy (non-hydrogen) atoms. The van der Waals surface area contributed by atoms with Gasteiger partial charge in [-0.25, -0.2) is 4.39 Å². The molecule has 5 nitrogen and oxygen atoms in total. The van der Waals surface area contributed by atoms with Crippen molar-refractivity contribution in [3.8, 4) is 5.75 Å². The summed E-state index contributed by atoms with van der Waals surface area (Å²) in [5, 5.41) is 10.5. The molecule has 0 atom stereocenters. The molecule has 0 aliphatic heterocycles. The van der Waals surface area contributed by atoms with Crippen LogP contribution in [0.4, 0.5) is 10.1 Å². The first-order valence-corrected chi connectivity index (χ1v) is 6.14. The van der Waals surface area contributed by atoms with Gasteiger partial charge in [0.25, 0.3) is 5.69 Å². The lowest BCUT2D eigenvalue weighted by molar-refractivity contribution is -0.384. The Kier molecular flexibility index (Phi) is 4.27. The molecule has 0 saturated carbocycles. The van der Waals surface area contributed by atoms with E-state index in [9.17, 15) is 19.3 Å². The fraction of sp³-hybridized carbons (Fsp3) is 0.133. The summed E-state index contributed by atoms with van der Waals surface area (Å²) >= 11 is 0. The van der Waals surface area contributed by atoms with E-state index in [0.717, 1.165) is 6.07 Å². The molecule has 0 spiro atoms. The maximum absolute atomic E-state index is 13.1. The van der Waals surface area contributed by atoms with Gasteiger partial charge in [-0.1, -0.05) is 0 Å². The van der Waals surface area contributed by atoms with E-state index in [1.165, 1.54) is 31.2 Å². The number of Topliss-reactive ketones (excluding diaryl/α,β-unsaturated/α-hetero) is 1. The van der Waals surface area contributed by atoms with E-state index in [-0.39, 0.29) is 29.4 Å². The number of hydrogen-bond acceptors (Lipinski definition) is 4. The van der Waals surface area contributed by atoms with Crippen molar-refractivity contribution in [1.82, 2.24) is 0 Å². The minimum Gasteiger partial charge on any atom is -0.488 e. The van der Waals surface area contributed by atoms with E-state index in [0.29, 0.717) is 5.56 Å². The standard InChI is InChI=1S/C15H12FNO4/c1-10(18)14-8-12(16)4-7-15(14)21-9-11-2-5-13(6-3-11)17(19)20/h2-8H,9H2,1H3. The molecule has 2 aromatic rings. The van der Waals surface area contributed by atoms with Crippen molar-refractivity contribution in [3.05, 3.63) is 69.5 Å². The SMILES string of the molecule is CC(=O)c1cc(F)ccc1OCc1ccc([N+](=O)[O-])cc1. The number of nitrogens with zero attached hydrogens (tertiary/aromatic N) is 1. The zero-order valence-corrected chi connectivity index (χ0v) is 11.2. The predicted molar refractivity (Wildman–Crippen MR) is 73.8 cm³/mol. The molecule has 2 aromatic carbocycles. The Balaban J connectivity index is 2.13. The molecule has 2 rings (SSSR count). The van der Waals surface area contributed by atoms with Crippen LogP contribution < -0.4 is 4.74 Å². The third kappa shape index (κ3) is 3.62. The number of benzene rings is 2. The highest BCUT2D eigenvalue weighted by Gasteiger charge is 2.10. The maximum atomic E-state index is 13.1. The molecular weight excluding hydrogens is 277 g/mol. The second kappa shape index (κ2) is 6.13. The van der Waals surface area contributed by atoms with Gasteiger partial charge in [0.1, 0.15) is 18.2 Å². The fourth-order valence-electron chi connectivity index (χ4n) is 1.78. The van der Waals surface area contributed by atoms with Crippen LogP contribution in [-0.2, 0) is 6.61 Å². The number of halogens is 1. The summed E-state index contributed by atoms with van der Waals surface area (Å²) in [6.45, 7) is 1.46. The van der Waals surface area contributed by atoms with Crippen molar-refractivity contribution >= 4 is 11.5 Å². The average Bonchev–Trinajstić information content (AvgIpc) is 2.46. The summed E-state index contributed by atoms with van der Waals surface area (Å²) in [6.07, 6.45) is 0. The molecule has 0 N–H and O–H groups in total. The Morgan fingerprint density at radius 2 is 1.90 bits per heavy atom. The Morgan fingerprint density at radius 3 is 2.48 bits per heavy atom. The highest BCUT2D eigenvalue weighted by atomic mass is 19.1. The van der Waals surface area contributed by atoms with Crippen molar-refractivity contribution in [2.75, 3.05) is 0 Å². The van der Waals surface area contributed by atoms with Gasteiger partial charge in [-0.15, -0.1) is 0 Å². The molecular formula is C15H12FNO4. The molecule has 0 aromatic heterocycles. The molecule has 0 fully saturated rings. The Morgan fingerprint density at radius 1 is 1.24 bits per heavy atom. The summed E-state index contributed by atoms with van der Waals surface area (Å²) in [5.74, 6) is -0.529. The van der Waals surface area contributed by atoms with E-state index in [4.69, 9.17) is 4.74 Å².